The van der Waals surface area contributed by atoms with Gasteiger partial charge in [0, 0.05) is 0 Å². The molecule has 0 heterocycles. The Labute approximate surface area is 111 Å². The van der Waals surface area contributed by atoms with Gasteiger partial charge in [-0.1, -0.05) is 56.0 Å². The van der Waals surface area contributed by atoms with E-state index < -0.39 is 0 Å². The highest BCUT2D eigenvalue weighted by molar-refractivity contribution is 5.62. The summed E-state index contributed by atoms with van der Waals surface area (Å²) in [6, 6.07) is 10.6. The Balaban J connectivity index is 1.73. The Hall–Kier alpha value is -1.30. The Morgan fingerprint density at radius 1 is 1.17 bits per heavy atom. The van der Waals surface area contributed by atoms with Crippen molar-refractivity contribution in [2.75, 3.05) is 0 Å². The molecule has 0 radical (unpaired) electrons. The molecule has 0 saturated carbocycles. The highest BCUT2D eigenvalue weighted by Gasteiger charge is 2.12. The van der Waals surface area contributed by atoms with Crippen molar-refractivity contribution in [3.8, 4) is 0 Å². The van der Waals surface area contributed by atoms with Crippen LogP contribution in [0.5, 0.6) is 0 Å². The number of hydrogen-bond donors (Lipinski definition) is 0. The summed E-state index contributed by atoms with van der Waals surface area (Å²) in [5.74, 6) is 1.60. The maximum atomic E-state index is 4.20. The standard InChI is InChI=1S/C18H24/c1-15-11-13-17(14-12-15)8-6-7-16(2)18-9-4-3-5-10-18/h3-5,9-11,13,15,17H,2,6-8,12,14H2,1H3/t15-,17?/m0/s1. The van der Waals surface area contributed by atoms with Crippen LogP contribution in [-0.2, 0) is 0 Å². The molecule has 0 saturated heterocycles. The van der Waals surface area contributed by atoms with E-state index in [4.69, 9.17) is 0 Å². The average Bonchev–Trinajstić information content (AvgIpc) is 2.42. The second kappa shape index (κ2) is 6.58. The fourth-order valence-electron chi connectivity index (χ4n) is 2.65. The van der Waals surface area contributed by atoms with Crippen LogP contribution in [0.2, 0.25) is 0 Å². The molecular formula is C18H24. The second-order valence-electron chi connectivity index (χ2n) is 5.56. The molecule has 0 aromatic heterocycles. The first-order chi connectivity index (χ1) is 8.75. The van der Waals surface area contributed by atoms with Gasteiger partial charge in [-0.15, -0.1) is 0 Å². The van der Waals surface area contributed by atoms with Gasteiger partial charge >= 0.3 is 0 Å². The van der Waals surface area contributed by atoms with E-state index in [-0.39, 0.29) is 0 Å². The van der Waals surface area contributed by atoms with Crippen molar-refractivity contribution >= 4 is 5.57 Å². The van der Waals surface area contributed by atoms with Crippen LogP contribution in [0.15, 0.2) is 49.1 Å². The van der Waals surface area contributed by atoms with Crippen LogP contribution < -0.4 is 0 Å². The van der Waals surface area contributed by atoms with E-state index in [1.807, 2.05) is 0 Å². The predicted molar refractivity (Wildman–Crippen MR) is 80.4 cm³/mol. The average molecular weight is 240 g/mol. The Morgan fingerprint density at radius 2 is 1.94 bits per heavy atom. The molecule has 0 fully saturated rings. The van der Waals surface area contributed by atoms with Crippen molar-refractivity contribution in [1.29, 1.82) is 0 Å². The molecule has 1 aromatic rings. The zero-order chi connectivity index (χ0) is 12.8. The van der Waals surface area contributed by atoms with Crippen molar-refractivity contribution in [1.82, 2.24) is 0 Å². The molecule has 2 atom stereocenters. The first-order valence-corrected chi connectivity index (χ1v) is 7.17. The monoisotopic (exact) mass is 240 g/mol. The van der Waals surface area contributed by atoms with Gasteiger partial charge in [0.1, 0.15) is 0 Å². The third kappa shape index (κ3) is 3.87. The Kier molecular flexibility index (Phi) is 4.81. The summed E-state index contributed by atoms with van der Waals surface area (Å²) in [7, 11) is 0. The smallest absolute Gasteiger partial charge is 0.0230 e. The van der Waals surface area contributed by atoms with Crippen molar-refractivity contribution in [3.63, 3.8) is 0 Å². The van der Waals surface area contributed by atoms with E-state index in [0.29, 0.717) is 0 Å². The Morgan fingerprint density at radius 3 is 2.61 bits per heavy atom. The molecule has 1 aliphatic carbocycles. The Bertz CT molecular complexity index is 399. The molecule has 0 heteroatoms. The van der Waals surface area contributed by atoms with Gasteiger partial charge in [-0.3, -0.25) is 0 Å². The minimum absolute atomic E-state index is 0.792. The fourth-order valence-corrected chi connectivity index (χ4v) is 2.65. The first kappa shape index (κ1) is 13.1. The minimum atomic E-state index is 0.792. The van der Waals surface area contributed by atoms with Gasteiger partial charge in [0.05, 0.1) is 0 Å². The summed E-state index contributed by atoms with van der Waals surface area (Å²) in [6.45, 7) is 6.51. The third-order valence-electron chi connectivity index (χ3n) is 3.94. The van der Waals surface area contributed by atoms with E-state index in [9.17, 15) is 0 Å². The lowest BCUT2D eigenvalue weighted by molar-refractivity contribution is 0.445. The van der Waals surface area contributed by atoms with E-state index in [1.54, 1.807) is 0 Å². The first-order valence-electron chi connectivity index (χ1n) is 7.17. The molecule has 0 N–H and O–H groups in total. The zero-order valence-electron chi connectivity index (χ0n) is 11.4. The van der Waals surface area contributed by atoms with Crippen LogP contribution in [-0.4, -0.2) is 0 Å². The van der Waals surface area contributed by atoms with Crippen LogP contribution in [0.25, 0.3) is 5.57 Å². The van der Waals surface area contributed by atoms with Gasteiger partial charge in [0.15, 0.2) is 0 Å². The number of hydrogen-bond acceptors (Lipinski definition) is 0. The number of rotatable bonds is 5. The van der Waals surface area contributed by atoms with Crippen LogP contribution >= 0.6 is 0 Å². The highest BCUT2D eigenvalue weighted by Crippen LogP contribution is 2.27. The third-order valence-corrected chi connectivity index (χ3v) is 3.94. The fraction of sp³-hybridized carbons (Fsp3) is 0.444. The van der Waals surface area contributed by atoms with Gasteiger partial charge in [0.2, 0.25) is 0 Å². The van der Waals surface area contributed by atoms with Crippen molar-refractivity contribution in [2.45, 2.75) is 39.0 Å². The van der Waals surface area contributed by atoms with Crippen LogP contribution in [0.4, 0.5) is 0 Å². The summed E-state index contributed by atoms with van der Waals surface area (Å²) >= 11 is 0. The van der Waals surface area contributed by atoms with Crippen LogP contribution in [0, 0.1) is 11.8 Å². The quantitative estimate of drug-likeness (QED) is 0.598. The molecule has 1 aliphatic rings. The lowest BCUT2D eigenvalue weighted by Crippen LogP contribution is -2.06. The lowest BCUT2D eigenvalue weighted by Gasteiger charge is -2.20. The molecular weight excluding hydrogens is 216 g/mol. The minimum Gasteiger partial charge on any atom is -0.0952 e. The largest absolute Gasteiger partial charge is 0.0952 e. The normalized spacial score (nSPS) is 22.9. The van der Waals surface area contributed by atoms with Crippen molar-refractivity contribution in [3.05, 3.63) is 54.6 Å². The molecule has 1 aromatic carbocycles. The molecule has 0 nitrogen and oxygen atoms in total. The van der Waals surface area contributed by atoms with Gasteiger partial charge in [-0.2, -0.15) is 0 Å². The zero-order valence-corrected chi connectivity index (χ0v) is 11.4. The second-order valence-corrected chi connectivity index (χ2v) is 5.56. The summed E-state index contributed by atoms with van der Waals surface area (Å²) in [4.78, 5) is 0. The van der Waals surface area contributed by atoms with E-state index in [1.165, 1.54) is 36.8 Å². The molecule has 0 amide bonds. The SMILES string of the molecule is C=C(CCCC1C=C[C@H](C)CC1)c1ccccc1. The molecule has 0 spiro atoms. The highest BCUT2D eigenvalue weighted by atomic mass is 14.2. The number of benzene rings is 1. The van der Waals surface area contributed by atoms with Gasteiger partial charge < -0.3 is 0 Å². The summed E-state index contributed by atoms with van der Waals surface area (Å²) in [5.41, 5.74) is 2.58. The van der Waals surface area contributed by atoms with Crippen LogP contribution in [0.1, 0.15) is 44.6 Å². The van der Waals surface area contributed by atoms with Crippen LogP contribution in [0.3, 0.4) is 0 Å². The topological polar surface area (TPSA) is 0 Å². The summed E-state index contributed by atoms with van der Waals surface area (Å²) in [6.07, 6.45) is 11.3. The maximum absolute atomic E-state index is 4.20. The van der Waals surface area contributed by atoms with Crippen molar-refractivity contribution < 1.29 is 0 Å². The maximum Gasteiger partial charge on any atom is -0.0230 e. The van der Waals surface area contributed by atoms with Crippen molar-refractivity contribution in [2.24, 2.45) is 11.8 Å². The molecule has 18 heavy (non-hydrogen) atoms. The van der Waals surface area contributed by atoms with Gasteiger partial charge in [-0.05, 0) is 55.1 Å². The summed E-state index contributed by atoms with van der Waals surface area (Å²) < 4.78 is 0. The van der Waals surface area contributed by atoms with E-state index in [2.05, 4.69) is 56.0 Å². The predicted octanol–water partition coefficient (Wildman–Crippen LogP) is 5.47. The molecule has 96 valence electrons. The molecule has 2 rings (SSSR count). The molecule has 0 bridgehead atoms. The van der Waals surface area contributed by atoms with Gasteiger partial charge in [0.25, 0.3) is 0 Å². The molecule has 0 aliphatic heterocycles. The molecule has 1 unspecified atom stereocenters. The van der Waals surface area contributed by atoms with E-state index in [0.717, 1.165) is 18.3 Å². The van der Waals surface area contributed by atoms with Gasteiger partial charge in [-0.25, -0.2) is 0 Å². The number of allylic oxidation sites excluding steroid dienone is 3. The van der Waals surface area contributed by atoms with E-state index >= 15 is 0 Å². The summed E-state index contributed by atoms with van der Waals surface area (Å²) in [5, 5.41) is 0. The lowest BCUT2D eigenvalue weighted by atomic mass is 9.86.